The molecule has 30 heavy (non-hydrogen) atoms. The minimum Gasteiger partial charge on any atom is -0.360 e. The van der Waals surface area contributed by atoms with Crippen molar-refractivity contribution in [3.05, 3.63) is 91.9 Å². The summed E-state index contributed by atoms with van der Waals surface area (Å²) < 4.78 is 41.6. The molecule has 3 aromatic rings. The van der Waals surface area contributed by atoms with Crippen LogP contribution in [0.2, 0.25) is 5.02 Å². The van der Waals surface area contributed by atoms with Crippen LogP contribution in [-0.4, -0.2) is 14.2 Å². The topological polar surface area (TPSA) is 66.5 Å². The largest absolute Gasteiger partial charge is 0.360 e. The Morgan fingerprint density at radius 1 is 1.17 bits per heavy atom. The maximum absolute atomic E-state index is 13.8. The maximum atomic E-state index is 13.8. The Bertz CT molecular complexity index is 1270. The third kappa shape index (κ3) is 3.74. The first-order valence-corrected chi connectivity index (χ1v) is 11.6. The van der Waals surface area contributed by atoms with Crippen molar-refractivity contribution >= 4 is 50.1 Å². The molecular weight excluding hydrogens is 447 g/mol. The quantitative estimate of drug-likeness (QED) is 0.532. The van der Waals surface area contributed by atoms with Crippen LogP contribution in [0, 0.1) is 12.7 Å². The molecule has 1 N–H and O–H groups in total. The Morgan fingerprint density at radius 3 is 2.60 bits per heavy atom. The molecule has 0 spiro atoms. The second-order valence-corrected chi connectivity index (χ2v) is 9.90. The summed E-state index contributed by atoms with van der Waals surface area (Å²) in [7, 11) is -4.13. The van der Waals surface area contributed by atoms with Gasteiger partial charge in [-0.1, -0.05) is 29.8 Å². The molecule has 0 saturated carbocycles. The SMILES string of the molecule is Cc1ccc(NC=C2C(=O)c3sccc3N(Cc3ccc(Cl)cc3)S2(=O)=O)cc1F. The smallest absolute Gasteiger partial charge is 0.270 e. The number of allylic oxidation sites excluding steroid dienone is 1. The Labute approximate surface area is 182 Å². The van der Waals surface area contributed by atoms with Crippen LogP contribution in [0.15, 0.2) is 65.0 Å². The molecule has 4 rings (SSSR count). The Morgan fingerprint density at radius 2 is 1.90 bits per heavy atom. The molecule has 1 aromatic heterocycles. The standard InChI is InChI=1S/C21H16ClFN2O3S2/c1-13-2-7-16(10-17(13)23)24-11-19-20(26)21-18(8-9-29-21)25(30(19,27)28)12-14-3-5-15(22)6-4-14/h2-11,24H,12H2,1H3. The van der Waals surface area contributed by atoms with Gasteiger partial charge in [0.15, 0.2) is 4.91 Å². The van der Waals surface area contributed by atoms with E-state index < -0.39 is 26.5 Å². The van der Waals surface area contributed by atoms with E-state index in [0.717, 1.165) is 11.8 Å². The number of thiophene rings is 1. The molecule has 154 valence electrons. The lowest BCUT2D eigenvalue weighted by molar-refractivity contribution is 0.104. The molecule has 0 atom stereocenters. The number of carbonyl (C=O) groups excluding carboxylic acids is 1. The van der Waals surface area contributed by atoms with E-state index in [1.807, 2.05) is 0 Å². The van der Waals surface area contributed by atoms with Gasteiger partial charge in [-0.05, 0) is 53.8 Å². The van der Waals surface area contributed by atoms with Crippen LogP contribution in [0.3, 0.4) is 0 Å². The van der Waals surface area contributed by atoms with Crippen molar-refractivity contribution in [1.82, 2.24) is 0 Å². The predicted octanol–water partition coefficient (Wildman–Crippen LogP) is 5.34. The number of fused-ring (bicyclic) bond motifs is 1. The van der Waals surface area contributed by atoms with Crippen molar-refractivity contribution in [3.8, 4) is 0 Å². The number of sulfonamides is 1. The number of ketones is 1. The van der Waals surface area contributed by atoms with Crippen molar-refractivity contribution in [2.75, 3.05) is 9.62 Å². The number of hydrogen-bond donors (Lipinski definition) is 1. The lowest BCUT2D eigenvalue weighted by Gasteiger charge is -2.29. The summed E-state index contributed by atoms with van der Waals surface area (Å²) in [5, 5.41) is 4.96. The Balaban J connectivity index is 1.73. The van der Waals surface area contributed by atoms with Crippen LogP contribution >= 0.6 is 22.9 Å². The zero-order valence-corrected chi connectivity index (χ0v) is 18.1. The number of halogens is 2. The minimum absolute atomic E-state index is 0.0486. The fourth-order valence-corrected chi connectivity index (χ4v) is 5.65. The molecule has 1 aliphatic rings. The van der Waals surface area contributed by atoms with E-state index in [1.54, 1.807) is 54.8 Å². The summed E-state index contributed by atoms with van der Waals surface area (Å²) in [6.07, 6.45) is 1.12. The van der Waals surface area contributed by atoms with Gasteiger partial charge in [0.1, 0.15) is 10.7 Å². The number of hydrogen-bond acceptors (Lipinski definition) is 5. The first-order chi connectivity index (χ1) is 14.3. The van der Waals surface area contributed by atoms with Crippen molar-refractivity contribution < 1.29 is 17.6 Å². The minimum atomic E-state index is -4.13. The van der Waals surface area contributed by atoms with E-state index in [-0.39, 0.29) is 6.54 Å². The Hall–Kier alpha value is -2.68. The van der Waals surface area contributed by atoms with Crippen molar-refractivity contribution in [2.45, 2.75) is 13.5 Å². The van der Waals surface area contributed by atoms with E-state index in [9.17, 15) is 17.6 Å². The molecule has 9 heteroatoms. The normalized spacial score (nSPS) is 16.6. The molecule has 5 nitrogen and oxygen atoms in total. The van der Waals surface area contributed by atoms with Crippen molar-refractivity contribution in [1.29, 1.82) is 0 Å². The fourth-order valence-electron chi connectivity index (χ4n) is 3.04. The van der Waals surface area contributed by atoms with Gasteiger partial charge in [-0.2, -0.15) is 0 Å². The van der Waals surface area contributed by atoms with Gasteiger partial charge in [-0.3, -0.25) is 9.10 Å². The number of anilines is 2. The molecule has 0 aliphatic carbocycles. The summed E-state index contributed by atoms with van der Waals surface area (Å²) in [6.45, 7) is 1.67. The molecule has 0 unspecified atom stereocenters. The second-order valence-electron chi connectivity index (χ2n) is 6.72. The predicted molar refractivity (Wildman–Crippen MR) is 118 cm³/mol. The summed E-state index contributed by atoms with van der Waals surface area (Å²) in [5.74, 6) is -1.02. The van der Waals surface area contributed by atoms with Gasteiger partial charge in [-0.25, -0.2) is 12.8 Å². The summed E-state index contributed by atoms with van der Waals surface area (Å²) in [5.41, 5.74) is 1.88. The number of Topliss-reactive ketones (excluding diaryl/α,β-unsaturated/α-hetero) is 1. The summed E-state index contributed by atoms with van der Waals surface area (Å²) >= 11 is 7.09. The Kier molecular flexibility index (Phi) is 5.40. The van der Waals surface area contributed by atoms with Crippen molar-refractivity contribution in [2.24, 2.45) is 0 Å². The third-order valence-corrected chi connectivity index (χ3v) is 7.61. The van der Waals surface area contributed by atoms with Gasteiger partial charge >= 0.3 is 0 Å². The molecule has 0 fully saturated rings. The molecule has 1 aliphatic heterocycles. The molecule has 2 aromatic carbocycles. The van der Waals surface area contributed by atoms with Crippen LogP contribution in [0.5, 0.6) is 0 Å². The van der Waals surface area contributed by atoms with Crippen LogP contribution in [0.25, 0.3) is 0 Å². The maximum Gasteiger partial charge on any atom is 0.270 e. The van der Waals surface area contributed by atoms with Crippen LogP contribution in [0.4, 0.5) is 15.8 Å². The molecule has 0 bridgehead atoms. The number of carbonyl (C=O) groups is 1. The van der Waals surface area contributed by atoms with Gasteiger partial charge in [0.05, 0.1) is 12.2 Å². The first-order valence-electron chi connectivity index (χ1n) is 8.89. The van der Waals surface area contributed by atoms with Crippen molar-refractivity contribution in [3.63, 3.8) is 0 Å². The lowest BCUT2D eigenvalue weighted by Crippen LogP contribution is -2.38. The number of aryl methyl sites for hydroxylation is 1. The zero-order chi connectivity index (χ0) is 21.5. The van der Waals surface area contributed by atoms with Crippen LogP contribution < -0.4 is 9.62 Å². The number of benzene rings is 2. The third-order valence-electron chi connectivity index (χ3n) is 4.69. The second kappa shape index (κ2) is 7.86. The average molecular weight is 463 g/mol. The summed E-state index contributed by atoms with van der Waals surface area (Å²) in [6, 6.07) is 12.9. The molecule has 0 radical (unpaired) electrons. The van der Waals surface area contributed by atoms with Gasteiger partial charge in [0, 0.05) is 16.9 Å². The molecular formula is C21H16ClFN2O3S2. The lowest BCUT2D eigenvalue weighted by atomic mass is 10.2. The number of rotatable bonds is 4. The number of nitrogens with zero attached hydrogens (tertiary/aromatic N) is 1. The highest BCUT2D eigenvalue weighted by molar-refractivity contribution is 7.97. The van der Waals surface area contributed by atoms with E-state index in [1.165, 1.54) is 21.7 Å². The molecule has 0 amide bonds. The van der Waals surface area contributed by atoms with Gasteiger partial charge in [-0.15, -0.1) is 11.3 Å². The van der Waals surface area contributed by atoms with Gasteiger partial charge < -0.3 is 5.32 Å². The fraction of sp³-hybridized carbons (Fsp3) is 0.0952. The van der Waals surface area contributed by atoms with Crippen LogP contribution in [0.1, 0.15) is 20.8 Å². The highest BCUT2D eigenvalue weighted by Crippen LogP contribution is 2.39. The molecule has 0 saturated heterocycles. The first kappa shape index (κ1) is 20.6. The molecule has 2 heterocycles. The van der Waals surface area contributed by atoms with E-state index in [4.69, 9.17) is 11.6 Å². The number of nitrogens with one attached hydrogen (secondary N) is 1. The monoisotopic (exact) mass is 462 g/mol. The van der Waals surface area contributed by atoms with E-state index >= 15 is 0 Å². The van der Waals surface area contributed by atoms with Gasteiger partial charge in [0.2, 0.25) is 5.78 Å². The van der Waals surface area contributed by atoms with Gasteiger partial charge in [0.25, 0.3) is 10.0 Å². The summed E-state index contributed by atoms with van der Waals surface area (Å²) in [4.78, 5) is 12.8. The van der Waals surface area contributed by atoms with E-state index in [2.05, 4.69) is 5.32 Å². The van der Waals surface area contributed by atoms with E-state index in [0.29, 0.717) is 26.8 Å². The highest BCUT2D eigenvalue weighted by Gasteiger charge is 2.41. The highest BCUT2D eigenvalue weighted by atomic mass is 35.5. The van der Waals surface area contributed by atoms with Crippen LogP contribution in [-0.2, 0) is 16.6 Å². The zero-order valence-electron chi connectivity index (χ0n) is 15.7. The average Bonchev–Trinajstić information content (AvgIpc) is 3.19.